The SMILES string of the molecule is COc1cccc(OC)c1-c1cc(C(=O)NC2(C(=O)O)C3CC4CC5CC2C53C4)nn1-c1ccc(NC(=O)CCCN(C)CCCN(C)C(=O)CN2CCN(CC(=O)O)CCN(CC(=O)O)CCN(CC(=O)O)CC2)cc1C(C)C. The monoisotopic (exact) mass is 1110 g/mol. The van der Waals surface area contributed by atoms with E-state index in [0.29, 0.717) is 105 Å². The average molecular weight is 1110 g/mol. The van der Waals surface area contributed by atoms with Gasteiger partial charge in [-0.25, -0.2) is 9.48 Å². The van der Waals surface area contributed by atoms with Crippen LogP contribution in [-0.2, 0) is 28.8 Å². The lowest BCUT2D eigenvalue weighted by Crippen LogP contribution is -2.84. The van der Waals surface area contributed by atoms with Crippen molar-refractivity contribution in [3.05, 3.63) is 53.7 Å². The van der Waals surface area contributed by atoms with E-state index in [-0.39, 0.29) is 99.5 Å². The predicted molar refractivity (Wildman–Crippen MR) is 295 cm³/mol. The minimum atomic E-state index is -1.34. The van der Waals surface area contributed by atoms with Gasteiger partial charge in [0.05, 0.1) is 57.3 Å². The molecule has 3 aromatic rings. The number of carbonyl (C=O) groups excluding carboxylic acids is 3. The van der Waals surface area contributed by atoms with Crippen LogP contribution < -0.4 is 20.1 Å². The second-order valence-electron chi connectivity index (χ2n) is 23.0. The standard InChI is InChI=1S/C57H80N10O13/c1-36(2)40-29-39(13-14-42(40)67-43(53-44(79-5)10-7-11-45(53)80-6)30-41(60-67)54(76)59-57(55(77)78)46-27-37-26-38-28-47(57)56(38,46)31-37)58-48(68)12-8-15-61(3)16-9-17-62(4)49(69)32-63-18-20-64(33-50(70)71)22-24-66(35-52(74)75)25-23-65(21-19-63)34-51(72)73/h7,10-11,13-14,29-30,36-38,46-47H,8-9,12,15-28,31-35H2,1-6H3,(H,58,68)(H,59,76)(H,70,71)(H,72,73)(H,74,75)(H,77,78). The highest BCUT2D eigenvalue weighted by Crippen LogP contribution is 2.84. The van der Waals surface area contributed by atoms with E-state index in [2.05, 4.69) is 15.5 Å². The molecule has 6 atom stereocenters. The zero-order valence-electron chi connectivity index (χ0n) is 47.0. The van der Waals surface area contributed by atoms with Crippen LogP contribution in [0, 0.1) is 29.1 Å². The lowest BCUT2D eigenvalue weighted by Gasteiger charge is -2.74. The van der Waals surface area contributed by atoms with Crippen molar-refractivity contribution in [2.75, 3.05) is 132 Å². The number of nitrogens with zero attached hydrogens (tertiary/aromatic N) is 8. The number of fused-ring (bicyclic) bond motifs is 1. The van der Waals surface area contributed by atoms with Crippen molar-refractivity contribution in [2.24, 2.45) is 29.1 Å². The first-order valence-corrected chi connectivity index (χ1v) is 28.0. The number of carboxylic acid groups (broad SMARTS) is 4. The fraction of sp³-hybridized carbons (Fsp3) is 0.614. The minimum absolute atomic E-state index is 0.0311. The number of anilines is 1. The third-order valence-electron chi connectivity index (χ3n) is 17.7. The summed E-state index contributed by atoms with van der Waals surface area (Å²) in [5, 5.41) is 50.4. The molecule has 23 heteroatoms. The minimum Gasteiger partial charge on any atom is -0.496 e. The van der Waals surface area contributed by atoms with Gasteiger partial charge in [-0.05, 0) is 136 Å². The lowest BCUT2D eigenvalue weighted by atomic mass is 9.31. The average Bonchev–Trinajstić information content (AvgIpc) is 3.77. The Morgan fingerprint density at radius 1 is 0.713 bits per heavy atom. The van der Waals surface area contributed by atoms with E-state index in [0.717, 1.165) is 31.2 Å². The highest BCUT2D eigenvalue weighted by atomic mass is 16.5. The van der Waals surface area contributed by atoms with Gasteiger partial charge in [-0.2, -0.15) is 5.10 Å². The summed E-state index contributed by atoms with van der Waals surface area (Å²) < 4.78 is 13.3. The smallest absolute Gasteiger partial charge is 0.330 e. The molecule has 6 N–H and O–H groups in total. The topological polar surface area (TPSA) is 280 Å². The summed E-state index contributed by atoms with van der Waals surface area (Å²) in [6.45, 7) is 7.60. The molecule has 0 radical (unpaired) electrons. The molecule has 2 aromatic carbocycles. The predicted octanol–water partition coefficient (Wildman–Crippen LogP) is 3.27. The molecule has 6 unspecified atom stereocenters. The summed E-state index contributed by atoms with van der Waals surface area (Å²) >= 11 is 0. The molecular formula is C57H80N10O13. The van der Waals surface area contributed by atoms with Gasteiger partial charge in [0, 0.05) is 78.1 Å². The van der Waals surface area contributed by atoms with Crippen LogP contribution >= 0.6 is 0 Å². The van der Waals surface area contributed by atoms with Crippen LogP contribution in [0.3, 0.4) is 0 Å². The molecule has 2 heterocycles. The van der Waals surface area contributed by atoms with Gasteiger partial charge in [-0.3, -0.25) is 48.4 Å². The summed E-state index contributed by atoms with van der Waals surface area (Å²) in [5.41, 5.74) is 1.88. The van der Waals surface area contributed by atoms with Crippen LogP contribution in [0.1, 0.15) is 80.8 Å². The number of rotatable bonds is 25. The van der Waals surface area contributed by atoms with Crippen LogP contribution in [0.25, 0.3) is 16.9 Å². The number of aromatic nitrogens is 2. The highest BCUT2D eigenvalue weighted by Gasteiger charge is 2.86. The highest BCUT2D eigenvalue weighted by molar-refractivity contribution is 5.99. The number of methoxy groups -OCH3 is 2. The van der Waals surface area contributed by atoms with Crippen molar-refractivity contribution < 1.29 is 63.5 Å². The maximum atomic E-state index is 14.5. The summed E-state index contributed by atoms with van der Waals surface area (Å²) in [6, 6.07) is 12.6. The Bertz CT molecular complexity index is 2740. The number of likely N-dealkylation sites (N-methyl/N-ethyl adjacent to an activating group) is 1. The maximum Gasteiger partial charge on any atom is 0.330 e. The van der Waals surface area contributed by atoms with E-state index >= 15 is 0 Å². The van der Waals surface area contributed by atoms with Crippen molar-refractivity contribution in [1.82, 2.24) is 44.5 Å². The molecule has 4 aliphatic carbocycles. The molecule has 80 heavy (non-hydrogen) atoms. The van der Waals surface area contributed by atoms with Crippen LogP contribution in [0.15, 0.2) is 42.5 Å². The Hall–Kier alpha value is -6.66. The first-order chi connectivity index (χ1) is 38.2. The number of hydrogen-bond acceptors (Lipinski definition) is 15. The normalized spacial score (nSPS) is 24.2. The quantitative estimate of drug-likeness (QED) is 0.0710. The van der Waals surface area contributed by atoms with Gasteiger partial charge < -0.3 is 50.3 Å². The molecular weight excluding hydrogens is 1030 g/mol. The van der Waals surface area contributed by atoms with Crippen molar-refractivity contribution in [3.63, 3.8) is 0 Å². The molecule has 4 saturated carbocycles. The zero-order valence-corrected chi connectivity index (χ0v) is 47.0. The zero-order chi connectivity index (χ0) is 57.6. The Morgan fingerprint density at radius 2 is 1.26 bits per heavy atom. The number of amides is 3. The number of carbonyl (C=O) groups is 7. The van der Waals surface area contributed by atoms with Gasteiger partial charge >= 0.3 is 23.9 Å². The number of benzene rings is 2. The Kier molecular flexibility index (Phi) is 18.9. The summed E-state index contributed by atoms with van der Waals surface area (Å²) in [5.74, 6) is -3.14. The van der Waals surface area contributed by atoms with Gasteiger partial charge in [0.25, 0.3) is 5.91 Å². The summed E-state index contributed by atoms with van der Waals surface area (Å²) in [6.07, 6.45) is 5.33. The number of aliphatic carboxylic acids is 4. The number of hydrogen-bond donors (Lipinski definition) is 6. The fourth-order valence-corrected chi connectivity index (χ4v) is 13.9. The Labute approximate surface area is 467 Å². The van der Waals surface area contributed by atoms with Gasteiger partial charge in [0.1, 0.15) is 17.0 Å². The van der Waals surface area contributed by atoms with Crippen molar-refractivity contribution in [2.45, 2.75) is 70.3 Å². The fourth-order valence-electron chi connectivity index (χ4n) is 13.9. The Morgan fingerprint density at radius 3 is 1.79 bits per heavy atom. The first kappa shape index (κ1) is 59.5. The van der Waals surface area contributed by atoms with Gasteiger partial charge in [-0.1, -0.05) is 19.9 Å². The summed E-state index contributed by atoms with van der Waals surface area (Å²) in [7, 11) is 6.79. The second kappa shape index (κ2) is 25.4. The second-order valence-corrected chi connectivity index (χ2v) is 23.0. The van der Waals surface area contributed by atoms with E-state index in [9.17, 15) is 54.0 Å². The molecule has 1 aromatic heterocycles. The van der Waals surface area contributed by atoms with Crippen LogP contribution in [0.2, 0.25) is 0 Å². The molecule has 2 bridgehead atoms. The number of ether oxygens (including phenoxy) is 2. The first-order valence-electron chi connectivity index (χ1n) is 28.0. The Balaban J connectivity index is 0.859. The number of carboxylic acids is 4. The van der Waals surface area contributed by atoms with Crippen molar-refractivity contribution >= 4 is 47.3 Å². The molecule has 3 amide bonds. The van der Waals surface area contributed by atoms with E-state index in [1.54, 1.807) is 75.9 Å². The van der Waals surface area contributed by atoms with Crippen LogP contribution in [-0.4, -0.2) is 233 Å². The van der Waals surface area contributed by atoms with E-state index in [1.807, 2.05) is 37.9 Å². The third-order valence-corrected chi connectivity index (χ3v) is 17.7. The molecule has 1 aliphatic heterocycles. The van der Waals surface area contributed by atoms with Gasteiger partial charge in [0.15, 0.2) is 5.69 Å². The van der Waals surface area contributed by atoms with Gasteiger partial charge in [0.2, 0.25) is 11.8 Å². The molecule has 8 rings (SSSR count). The van der Waals surface area contributed by atoms with Crippen molar-refractivity contribution in [3.8, 4) is 28.4 Å². The van der Waals surface area contributed by atoms with E-state index < -0.39 is 35.3 Å². The van der Waals surface area contributed by atoms with Crippen molar-refractivity contribution in [1.29, 1.82) is 0 Å². The van der Waals surface area contributed by atoms with Crippen LogP contribution in [0.5, 0.6) is 11.5 Å². The van der Waals surface area contributed by atoms with Gasteiger partial charge in [-0.15, -0.1) is 0 Å². The summed E-state index contributed by atoms with van der Waals surface area (Å²) in [4.78, 5) is 100. The lowest BCUT2D eigenvalue weighted by molar-refractivity contribution is -0.252. The largest absolute Gasteiger partial charge is 0.496 e. The molecule has 1 saturated heterocycles. The van der Waals surface area contributed by atoms with Crippen LogP contribution in [0.4, 0.5) is 5.69 Å². The molecule has 1 spiro atoms. The molecule has 23 nitrogen and oxygen atoms in total. The molecule has 436 valence electrons. The maximum absolute atomic E-state index is 14.5. The number of nitrogens with one attached hydrogen (secondary N) is 2. The molecule has 5 fully saturated rings. The van der Waals surface area contributed by atoms with E-state index in [1.165, 1.54) is 0 Å². The van der Waals surface area contributed by atoms with E-state index in [4.69, 9.17) is 14.6 Å². The molecule has 5 aliphatic rings. The third kappa shape index (κ3) is 12.8.